The molecule has 1 fully saturated rings. The number of H-pyrrole nitrogens is 1. The highest BCUT2D eigenvalue weighted by atomic mass is 16.5. The average molecular weight is 449 g/mol. The van der Waals surface area contributed by atoms with E-state index in [-0.39, 0.29) is 18.2 Å². The van der Waals surface area contributed by atoms with Crippen molar-refractivity contribution in [3.8, 4) is 5.75 Å². The summed E-state index contributed by atoms with van der Waals surface area (Å²) in [5.41, 5.74) is 5.16. The number of ether oxygens (including phenoxy) is 1. The number of nitrogens with one attached hydrogen (secondary N) is 2. The Morgan fingerprint density at radius 3 is 2.70 bits per heavy atom. The normalized spacial score (nSPS) is 17.8. The number of aromatic nitrogens is 1. The lowest BCUT2D eigenvalue weighted by Crippen LogP contribution is -2.54. The van der Waals surface area contributed by atoms with Crippen LogP contribution >= 0.6 is 0 Å². The van der Waals surface area contributed by atoms with Gasteiger partial charge in [-0.1, -0.05) is 30.3 Å². The zero-order valence-corrected chi connectivity index (χ0v) is 19.1. The summed E-state index contributed by atoms with van der Waals surface area (Å²) in [5.74, 6) is 0.853. The summed E-state index contributed by atoms with van der Waals surface area (Å²) in [5, 5.41) is 12.9. The molecule has 7 nitrogen and oxygen atoms in total. The molecule has 2 aliphatic heterocycles. The zero-order chi connectivity index (χ0) is 22.8. The highest BCUT2D eigenvalue weighted by molar-refractivity contribution is 5.87. The van der Waals surface area contributed by atoms with Crippen molar-refractivity contribution in [2.75, 3.05) is 40.0 Å². The van der Waals surface area contributed by atoms with E-state index in [2.05, 4.69) is 57.7 Å². The monoisotopic (exact) mass is 448 g/mol. The van der Waals surface area contributed by atoms with E-state index in [1.54, 1.807) is 7.11 Å². The molecule has 3 N–H and O–H groups in total. The first kappa shape index (κ1) is 21.8. The Morgan fingerprint density at radius 1 is 1.18 bits per heavy atom. The van der Waals surface area contributed by atoms with E-state index in [9.17, 15) is 4.79 Å². The maximum atomic E-state index is 12.3. The molecule has 174 valence electrons. The van der Waals surface area contributed by atoms with Gasteiger partial charge in [0, 0.05) is 60.8 Å². The number of aliphatic hydroxyl groups excluding tert-OH is 1. The SMILES string of the molecule is COc1ccc2c3c([nH]c2c1)CN(CCc1ccccc1)CC31CCN(C(=O)NCO)CC1. The number of aromatic amines is 1. The lowest BCUT2D eigenvalue weighted by Gasteiger charge is -2.48. The Hall–Kier alpha value is -3.03. The summed E-state index contributed by atoms with van der Waals surface area (Å²) in [6.07, 6.45) is 2.82. The molecule has 3 heterocycles. The lowest BCUT2D eigenvalue weighted by atomic mass is 9.69. The third-order valence-corrected chi connectivity index (χ3v) is 7.32. The van der Waals surface area contributed by atoms with Crippen LogP contribution in [0.4, 0.5) is 4.79 Å². The van der Waals surface area contributed by atoms with Crippen LogP contribution in [0.1, 0.15) is 29.7 Å². The number of likely N-dealkylation sites (tertiary alicyclic amines) is 1. The van der Waals surface area contributed by atoms with Crippen molar-refractivity contribution in [1.82, 2.24) is 20.1 Å². The van der Waals surface area contributed by atoms with Gasteiger partial charge in [0.15, 0.2) is 0 Å². The van der Waals surface area contributed by atoms with Gasteiger partial charge in [-0.05, 0) is 42.5 Å². The molecule has 2 amide bonds. The van der Waals surface area contributed by atoms with E-state index >= 15 is 0 Å². The molecule has 5 rings (SSSR count). The molecule has 3 aromatic rings. The van der Waals surface area contributed by atoms with Crippen LogP contribution in [-0.2, 0) is 18.4 Å². The quantitative estimate of drug-likeness (QED) is 0.524. The van der Waals surface area contributed by atoms with E-state index in [4.69, 9.17) is 9.84 Å². The van der Waals surface area contributed by atoms with Gasteiger partial charge in [0.05, 0.1) is 7.11 Å². The van der Waals surface area contributed by atoms with Crippen LogP contribution in [-0.4, -0.2) is 65.9 Å². The molecule has 0 unspecified atom stereocenters. The first-order chi connectivity index (χ1) is 16.1. The first-order valence-corrected chi connectivity index (χ1v) is 11.7. The molecule has 1 aromatic heterocycles. The molecule has 33 heavy (non-hydrogen) atoms. The molecule has 1 saturated heterocycles. The molecule has 0 aliphatic carbocycles. The number of aliphatic hydroxyl groups is 1. The molecule has 0 atom stereocenters. The van der Waals surface area contributed by atoms with Gasteiger partial charge in [0.1, 0.15) is 12.5 Å². The Labute approximate surface area is 194 Å². The minimum atomic E-state index is -0.331. The Morgan fingerprint density at radius 2 is 1.97 bits per heavy atom. The number of hydrogen-bond acceptors (Lipinski definition) is 4. The molecular formula is C26H32N4O3. The summed E-state index contributed by atoms with van der Waals surface area (Å²) in [6, 6.07) is 16.8. The van der Waals surface area contributed by atoms with Crippen molar-refractivity contribution in [2.45, 2.75) is 31.2 Å². The molecule has 0 saturated carbocycles. The number of benzene rings is 2. The number of hydrogen-bond donors (Lipinski definition) is 3. The Kier molecular flexibility index (Phi) is 6.00. The van der Waals surface area contributed by atoms with Crippen LogP contribution in [0.15, 0.2) is 48.5 Å². The van der Waals surface area contributed by atoms with Crippen LogP contribution in [0.2, 0.25) is 0 Å². The summed E-state index contributed by atoms with van der Waals surface area (Å²) in [6.45, 7) is 3.92. The van der Waals surface area contributed by atoms with Gasteiger partial charge in [-0.15, -0.1) is 0 Å². The smallest absolute Gasteiger partial charge is 0.319 e. The predicted molar refractivity (Wildman–Crippen MR) is 128 cm³/mol. The van der Waals surface area contributed by atoms with Crippen molar-refractivity contribution >= 4 is 16.9 Å². The van der Waals surface area contributed by atoms with Crippen molar-refractivity contribution < 1.29 is 14.6 Å². The summed E-state index contributed by atoms with van der Waals surface area (Å²) < 4.78 is 5.46. The predicted octanol–water partition coefficient (Wildman–Crippen LogP) is 3.23. The van der Waals surface area contributed by atoms with Crippen molar-refractivity contribution in [1.29, 1.82) is 0 Å². The molecule has 0 radical (unpaired) electrons. The highest BCUT2D eigenvalue weighted by Crippen LogP contribution is 2.45. The first-order valence-electron chi connectivity index (χ1n) is 11.7. The standard InChI is InChI=1S/C26H32N4O3/c1-33-20-7-8-21-22(15-20)28-23-16-29(12-9-19-5-3-2-4-6-19)17-26(24(21)23)10-13-30(14-11-26)25(32)27-18-31/h2-8,15,28,31H,9-14,16-18H2,1H3,(H,27,32). The second kappa shape index (κ2) is 9.08. The number of piperidine rings is 1. The number of carbonyl (C=O) groups excluding carboxylic acids is 1. The van der Waals surface area contributed by atoms with Crippen LogP contribution in [0, 0.1) is 0 Å². The lowest BCUT2D eigenvalue weighted by molar-refractivity contribution is 0.105. The fourth-order valence-corrected chi connectivity index (χ4v) is 5.69. The fourth-order valence-electron chi connectivity index (χ4n) is 5.69. The maximum absolute atomic E-state index is 12.3. The number of fused-ring (bicyclic) bond motifs is 4. The topological polar surface area (TPSA) is 80.8 Å². The van der Waals surface area contributed by atoms with Gasteiger partial charge < -0.3 is 25.0 Å². The molecule has 0 bridgehead atoms. The van der Waals surface area contributed by atoms with E-state index < -0.39 is 0 Å². The zero-order valence-electron chi connectivity index (χ0n) is 19.1. The third kappa shape index (κ3) is 4.18. The van der Waals surface area contributed by atoms with Gasteiger partial charge in [-0.3, -0.25) is 4.90 Å². The number of rotatable bonds is 5. The van der Waals surface area contributed by atoms with Crippen LogP contribution in [0.5, 0.6) is 5.75 Å². The van der Waals surface area contributed by atoms with Crippen molar-refractivity contribution in [3.63, 3.8) is 0 Å². The van der Waals surface area contributed by atoms with Gasteiger partial charge in [-0.25, -0.2) is 4.79 Å². The highest BCUT2D eigenvalue weighted by Gasteiger charge is 2.44. The number of amides is 2. The number of carbonyl (C=O) groups is 1. The Balaban J connectivity index is 1.45. The van der Waals surface area contributed by atoms with Crippen LogP contribution in [0.3, 0.4) is 0 Å². The third-order valence-electron chi connectivity index (χ3n) is 7.32. The molecule has 2 aromatic carbocycles. The number of methoxy groups -OCH3 is 1. The maximum Gasteiger partial charge on any atom is 0.319 e. The number of nitrogens with zero attached hydrogens (tertiary/aromatic N) is 2. The number of urea groups is 1. The molecular weight excluding hydrogens is 416 g/mol. The van der Waals surface area contributed by atoms with E-state index in [0.717, 1.165) is 50.2 Å². The van der Waals surface area contributed by atoms with E-state index in [1.165, 1.54) is 22.2 Å². The minimum absolute atomic E-state index is 0.00684. The second-order valence-electron chi connectivity index (χ2n) is 9.24. The van der Waals surface area contributed by atoms with Gasteiger partial charge in [0.25, 0.3) is 0 Å². The van der Waals surface area contributed by atoms with Crippen molar-refractivity contribution in [2.24, 2.45) is 0 Å². The summed E-state index contributed by atoms with van der Waals surface area (Å²) in [4.78, 5) is 20.4. The molecule has 1 spiro atoms. The Bertz CT molecular complexity index is 1120. The van der Waals surface area contributed by atoms with Crippen LogP contribution in [0.25, 0.3) is 10.9 Å². The van der Waals surface area contributed by atoms with Gasteiger partial charge in [0.2, 0.25) is 0 Å². The molecule has 7 heteroatoms. The van der Waals surface area contributed by atoms with Gasteiger partial charge >= 0.3 is 6.03 Å². The van der Waals surface area contributed by atoms with Gasteiger partial charge in [-0.2, -0.15) is 0 Å². The van der Waals surface area contributed by atoms with E-state index in [1.807, 2.05) is 11.0 Å². The van der Waals surface area contributed by atoms with Crippen LogP contribution < -0.4 is 10.1 Å². The molecule has 2 aliphatic rings. The fraction of sp³-hybridized carbons (Fsp3) is 0.423. The minimum Gasteiger partial charge on any atom is -0.497 e. The second-order valence-corrected chi connectivity index (χ2v) is 9.24. The summed E-state index contributed by atoms with van der Waals surface area (Å²) in [7, 11) is 1.70. The van der Waals surface area contributed by atoms with Crippen molar-refractivity contribution in [3.05, 3.63) is 65.4 Å². The average Bonchev–Trinajstić information content (AvgIpc) is 3.22. The van der Waals surface area contributed by atoms with E-state index in [0.29, 0.717) is 13.1 Å². The summed E-state index contributed by atoms with van der Waals surface area (Å²) >= 11 is 0. The largest absolute Gasteiger partial charge is 0.497 e.